The SMILES string of the molecule is O=C(C1=CCCC1)N1CCC2(CC1)COC(COc1cccnc1)C2.O=C(O)C(F)(F)F. The van der Waals surface area contributed by atoms with Gasteiger partial charge in [0.1, 0.15) is 12.4 Å². The van der Waals surface area contributed by atoms with Crippen molar-refractivity contribution in [2.75, 3.05) is 26.3 Å². The van der Waals surface area contributed by atoms with Crippen molar-refractivity contribution < 1.29 is 37.3 Å². The molecule has 1 aromatic heterocycles. The fourth-order valence-corrected chi connectivity index (χ4v) is 4.22. The monoisotopic (exact) mass is 456 g/mol. The summed E-state index contributed by atoms with van der Waals surface area (Å²) >= 11 is 0. The Morgan fingerprint density at radius 1 is 1.31 bits per heavy atom. The molecule has 7 nitrogen and oxygen atoms in total. The summed E-state index contributed by atoms with van der Waals surface area (Å²) in [6.45, 7) is 3.08. The summed E-state index contributed by atoms with van der Waals surface area (Å²) < 4.78 is 43.5. The van der Waals surface area contributed by atoms with Crippen LogP contribution in [0.3, 0.4) is 0 Å². The highest BCUT2D eigenvalue weighted by Gasteiger charge is 2.43. The van der Waals surface area contributed by atoms with Gasteiger partial charge in [-0.15, -0.1) is 0 Å². The summed E-state index contributed by atoms with van der Waals surface area (Å²) in [7, 11) is 0. The number of amides is 1. The van der Waals surface area contributed by atoms with E-state index < -0.39 is 12.1 Å². The van der Waals surface area contributed by atoms with Crippen molar-refractivity contribution in [3.05, 3.63) is 36.2 Å². The van der Waals surface area contributed by atoms with Crippen molar-refractivity contribution >= 4 is 11.9 Å². The normalized spacial score (nSPS) is 22.2. The number of carboxylic acids is 1. The van der Waals surface area contributed by atoms with E-state index in [-0.39, 0.29) is 17.4 Å². The maximum atomic E-state index is 12.5. The summed E-state index contributed by atoms with van der Waals surface area (Å²) in [5.74, 6) is -1.70. The fraction of sp³-hybridized carbons (Fsp3) is 0.591. The van der Waals surface area contributed by atoms with Gasteiger partial charge in [0, 0.05) is 24.9 Å². The second-order valence-electron chi connectivity index (χ2n) is 8.35. The van der Waals surface area contributed by atoms with Crippen LogP contribution in [0.4, 0.5) is 13.2 Å². The first-order chi connectivity index (χ1) is 15.2. The molecule has 3 aliphatic rings. The van der Waals surface area contributed by atoms with E-state index in [0.717, 1.165) is 69.5 Å². The molecule has 4 rings (SSSR count). The van der Waals surface area contributed by atoms with E-state index in [9.17, 15) is 18.0 Å². The lowest BCUT2D eigenvalue weighted by Gasteiger charge is -2.38. The van der Waals surface area contributed by atoms with E-state index in [4.69, 9.17) is 19.4 Å². The van der Waals surface area contributed by atoms with E-state index in [1.807, 2.05) is 17.0 Å². The van der Waals surface area contributed by atoms with Crippen LogP contribution in [0.2, 0.25) is 0 Å². The van der Waals surface area contributed by atoms with Gasteiger partial charge >= 0.3 is 12.1 Å². The quantitative estimate of drug-likeness (QED) is 0.745. The number of hydrogen-bond donors (Lipinski definition) is 1. The molecule has 0 saturated carbocycles. The van der Waals surface area contributed by atoms with Crippen molar-refractivity contribution in [3.8, 4) is 5.75 Å². The van der Waals surface area contributed by atoms with Crippen LogP contribution in [-0.4, -0.2) is 65.5 Å². The molecule has 176 valence electrons. The number of ether oxygens (including phenoxy) is 2. The highest BCUT2D eigenvalue weighted by molar-refractivity contribution is 5.93. The fourth-order valence-electron chi connectivity index (χ4n) is 4.22. The highest BCUT2D eigenvalue weighted by Crippen LogP contribution is 2.42. The predicted molar refractivity (Wildman–Crippen MR) is 108 cm³/mol. The molecule has 3 heterocycles. The zero-order chi connectivity index (χ0) is 23.2. The first-order valence-electron chi connectivity index (χ1n) is 10.6. The number of aliphatic carboxylic acids is 1. The number of piperidine rings is 1. The Balaban J connectivity index is 0.000000360. The van der Waals surface area contributed by atoms with Crippen LogP contribution in [0.25, 0.3) is 0 Å². The Morgan fingerprint density at radius 2 is 2.03 bits per heavy atom. The molecular weight excluding hydrogens is 429 g/mol. The Hall–Kier alpha value is -2.62. The van der Waals surface area contributed by atoms with Crippen LogP contribution in [0.15, 0.2) is 36.2 Å². The zero-order valence-corrected chi connectivity index (χ0v) is 17.6. The van der Waals surface area contributed by atoms with E-state index >= 15 is 0 Å². The molecule has 1 N–H and O–H groups in total. The molecule has 32 heavy (non-hydrogen) atoms. The number of halogens is 3. The van der Waals surface area contributed by atoms with Gasteiger partial charge in [0.25, 0.3) is 0 Å². The number of hydrogen-bond acceptors (Lipinski definition) is 5. The molecule has 2 fully saturated rings. The van der Waals surface area contributed by atoms with Crippen molar-refractivity contribution in [2.24, 2.45) is 5.41 Å². The lowest BCUT2D eigenvalue weighted by atomic mass is 9.76. The molecule has 1 unspecified atom stereocenters. The number of likely N-dealkylation sites (tertiary alicyclic amines) is 1. The van der Waals surface area contributed by atoms with Gasteiger partial charge in [-0.25, -0.2) is 4.79 Å². The van der Waals surface area contributed by atoms with Crippen LogP contribution in [0.5, 0.6) is 5.75 Å². The number of allylic oxidation sites excluding steroid dienone is 1. The second-order valence-corrected chi connectivity index (χ2v) is 8.35. The average molecular weight is 456 g/mol. The number of rotatable bonds is 4. The van der Waals surface area contributed by atoms with Gasteiger partial charge in [-0.3, -0.25) is 9.78 Å². The van der Waals surface area contributed by atoms with Gasteiger partial charge in [0.05, 0.1) is 18.9 Å². The van der Waals surface area contributed by atoms with Gasteiger partial charge in [0.15, 0.2) is 0 Å². The third-order valence-electron chi connectivity index (χ3n) is 6.03. The molecule has 1 aliphatic carbocycles. The third-order valence-corrected chi connectivity index (χ3v) is 6.03. The maximum absolute atomic E-state index is 12.5. The van der Waals surface area contributed by atoms with Crippen LogP contribution in [0.1, 0.15) is 38.5 Å². The van der Waals surface area contributed by atoms with Crippen LogP contribution in [-0.2, 0) is 14.3 Å². The number of aromatic nitrogens is 1. The van der Waals surface area contributed by atoms with Gasteiger partial charge in [-0.1, -0.05) is 6.08 Å². The lowest BCUT2D eigenvalue weighted by molar-refractivity contribution is -0.192. The first kappa shape index (κ1) is 24.0. The van der Waals surface area contributed by atoms with Crippen molar-refractivity contribution in [1.29, 1.82) is 0 Å². The molecule has 0 radical (unpaired) electrons. The van der Waals surface area contributed by atoms with E-state index in [0.29, 0.717) is 6.61 Å². The van der Waals surface area contributed by atoms with Crippen LogP contribution >= 0.6 is 0 Å². The largest absolute Gasteiger partial charge is 0.490 e. The minimum atomic E-state index is -5.08. The van der Waals surface area contributed by atoms with Gasteiger partial charge in [-0.2, -0.15) is 13.2 Å². The maximum Gasteiger partial charge on any atom is 0.490 e. The lowest BCUT2D eigenvalue weighted by Crippen LogP contribution is -2.44. The summed E-state index contributed by atoms with van der Waals surface area (Å²) in [6.07, 6.45) is 6.89. The number of nitrogens with zero attached hydrogens (tertiary/aromatic N) is 2. The van der Waals surface area contributed by atoms with Gasteiger partial charge in [0.2, 0.25) is 5.91 Å². The number of alkyl halides is 3. The Labute approximate surface area is 184 Å². The molecule has 2 saturated heterocycles. The summed E-state index contributed by atoms with van der Waals surface area (Å²) in [5, 5.41) is 7.12. The third kappa shape index (κ3) is 6.44. The first-order valence-corrected chi connectivity index (χ1v) is 10.6. The molecule has 1 atom stereocenters. The minimum Gasteiger partial charge on any atom is -0.489 e. The van der Waals surface area contributed by atoms with E-state index in [1.54, 1.807) is 12.4 Å². The van der Waals surface area contributed by atoms with Gasteiger partial charge < -0.3 is 19.5 Å². The van der Waals surface area contributed by atoms with Crippen molar-refractivity contribution in [2.45, 2.75) is 50.8 Å². The van der Waals surface area contributed by atoms with E-state index in [2.05, 4.69) is 11.1 Å². The Kier molecular flexibility index (Phi) is 7.76. The molecule has 2 aliphatic heterocycles. The Morgan fingerprint density at radius 3 is 2.59 bits per heavy atom. The predicted octanol–water partition coefficient (Wildman–Crippen LogP) is 3.60. The molecule has 0 aromatic carbocycles. The second kappa shape index (κ2) is 10.3. The zero-order valence-electron chi connectivity index (χ0n) is 17.6. The minimum absolute atomic E-state index is 0.139. The van der Waals surface area contributed by atoms with Crippen molar-refractivity contribution in [3.63, 3.8) is 0 Å². The molecular formula is C22H27F3N2O5. The smallest absolute Gasteiger partial charge is 0.489 e. The van der Waals surface area contributed by atoms with Crippen molar-refractivity contribution in [1.82, 2.24) is 9.88 Å². The molecule has 10 heteroatoms. The highest BCUT2D eigenvalue weighted by atomic mass is 19.4. The molecule has 0 bridgehead atoms. The topological polar surface area (TPSA) is 89.0 Å². The summed E-state index contributed by atoms with van der Waals surface area (Å²) in [6, 6.07) is 3.79. The Bertz CT molecular complexity index is 821. The average Bonchev–Trinajstić information content (AvgIpc) is 3.44. The van der Waals surface area contributed by atoms with Crippen LogP contribution < -0.4 is 4.74 Å². The van der Waals surface area contributed by atoms with Gasteiger partial charge in [-0.05, 0) is 56.1 Å². The molecule has 1 amide bonds. The summed E-state index contributed by atoms with van der Waals surface area (Å²) in [5.41, 5.74) is 1.26. The number of pyridine rings is 1. The molecule has 1 spiro atoms. The number of carboxylic acid groups (broad SMARTS) is 1. The van der Waals surface area contributed by atoms with E-state index in [1.165, 1.54) is 0 Å². The summed E-state index contributed by atoms with van der Waals surface area (Å²) in [4.78, 5) is 27.5. The number of carbonyl (C=O) groups excluding carboxylic acids is 1. The molecule has 1 aromatic rings. The van der Waals surface area contributed by atoms with Crippen LogP contribution in [0, 0.1) is 5.41 Å². The number of carbonyl (C=O) groups is 2. The standard InChI is InChI=1S/C20H26N2O3.C2HF3O2/c23-19(16-4-1-2-5-16)22-10-7-20(8-11-22)12-18(25-15-20)14-24-17-6-3-9-21-13-17;3-2(4,5)1(6)7/h3-4,6,9,13,18H,1-2,5,7-8,10-12,14-15H2;(H,6,7).